The monoisotopic (exact) mass is 360 g/mol. The van der Waals surface area contributed by atoms with Crippen molar-refractivity contribution in [3.05, 3.63) is 47.5 Å². The number of rotatable bonds is 8. The van der Waals surface area contributed by atoms with Crippen molar-refractivity contribution < 1.29 is 24.4 Å². The Hall–Kier alpha value is -2.40. The lowest BCUT2D eigenvalue weighted by molar-refractivity contribution is 0.119. The summed E-state index contributed by atoms with van der Waals surface area (Å²) in [6.07, 6.45) is 0. The summed E-state index contributed by atoms with van der Waals surface area (Å²) in [5.41, 5.74) is 2.01. The third-order valence-electron chi connectivity index (χ3n) is 4.77. The maximum atomic E-state index is 9.95. The van der Waals surface area contributed by atoms with Gasteiger partial charge in [0.2, 0.25) is 0 Å². The number of ether oxygens (including phenoxy) is 3. The molecule has 0 heterocycles. The van der Waals surface area contributed by atoms with Crippen LogP contribution in [0.5, 0.6) is 23.0 Å². The van der Waals surface area contributed by atoms with Crippen molar-refractivity contribution >= 4 is 0 Å². The molecule has 0 amide bonds. The molecule has 142 valence electrons. The van der Waals surface area contributed by atoms with Crippen LogP contribution in [0.2, 0.25) is 0 Å². The molecule has 2 aromatic rings. The van der Waals surface area contributed by atoms with Gasteiger partial charge in [-0.15, -0.1) is 0 Å². The van der Waals surface area contributed by atoms with Gasteiger partial charge in [0.25, 0.3) is 0 Å². The maximum absolute atomic E-state index is 9.95. The van der Waals surface area contributed by atoms with E-state index in [4.69, 9.17) is 14.2 Å². The Balaban J connectivity index is 2.62. The molecule has 0 aliphatic heterocycles. The molecule has 26 heavy (non-hydrogen) atoms. The van der Waals surface area contributed by atoms with Crippen LogP contribution in [0.3, 0.4) is 0 Å². The highest BCUT2D eigenvalue weighted by molar-refractivity contribution is 5.49. The second-order valence-corrected chi connectivity index (χ2v) is 6.70. The van der Waals surface area contributed by atoms with E-state index in [9.17, 15) is 10.2 Å². The molecule has 5 heteroatoms. The van der Waals surface area contributed by atoms with E-state index in [1.165, 1.54) is 14.2 Å². The van der Waals surface area contributed by atoms with Gasteiger partial charge in [0.05, 0.1) is 20.8 Å². The minimum absolute atomic E-state index is 0.0149. The molecule has 0 spiro atoms. The van der Waals surface area contributed by atoms with E-state index >= 15 is 0 Å². The highest BCUT2D eigenvalue weighted by atomic mass is 16.5. The summed E-state index contributed by atoms with van der Waals surface area (Å²) in [4.78, 5) is 0. The molecule has 0 saturated carbocycles. The normalized spacial score (nSPS) is 12.4. The summed E-state index contributed by atoms with van der Waals surface area (Å²) < 4.78 is 16.1. The number of phenols is 2. The average molecular weight is 360 g/mol. The van der Waals surface area contributed by atoms with Gasteiger partial charge in [-0.1, -0.05) is 26.0 Å². The highest BCUT2D eigenvalue weighted by Crippen LogP contribution is 2.41. The van der Waals surface area contributed by atoms with Crippen LogP contribution in [0.1, 0.15) is 30.9 Å². The molecule has 0 aromatic heterocycles. The summed E-state index contributed by atoms with van der Waals surface area (Å²) in [6.45, 7) is 4.90. The fourth-order valence-corrected chi connectivity index (χ4v) is 3.33. The number of hydrogen-bond acceptors (Lipinski definition) is 5. The summed E-state index contributed by atoms with van der Waals surface area (Å²) in [7, 11) is 4.76. The van der Waals surface area contributed by atoms with Crippen LogP contribution < -0.4 is 9.47 Å². The standard InChI is InChI=1S/C21H28O5/c1-13(2)16(12-24-3)21(14-6-8-17(22)19(10-14)25-4)15-7-9-18(23)20(11-15)26-5/h6-11,13,16,21-23H,12H2,1-5H3/t16-/m0/s1. The fourth-order valence-electron chi connectivity index (χ4n) is 3.33. The van der Waals surface area contributed by atoms with Gasteiger partial charge in [0, 0.05) is 13.0 Å². The largest absolute Gasteiger partial charge is 0.504 e. The lowest BCUT2D eigenvalue weighted by Crippen LogP contribution is -2.24. The summed E-state index contributed by atoms with van der Waals surface area (Å²) in [5, 5.41) is 19.9. The first-order valence-electron chi connectivity index (χ1n) is 8.65. The Morgan fingerprint density at radius 3 is 1.62 bits per heavy atom. The van der Waals surface area contributed by atoms with Crippen LogP contribution in [0.15, 0.2) is 36.4 Å². The van der Waals surface area contributed by atoms with E-state index < -0.39 is 0 Å². The fraction of sp³-hybridized carbons (Fsp3) is 0.429. The number of hydrogen-bond donors (Lipinski definition) is 2. The van der Waals surface area contributed by atoms with Crippen molar-refractivity contribution in [2.24, 2.45) is 11.8 Å². The maximum Gasteiger partial charge on any atom is 0.160 e. The van der Waals surface area contributed by atoms with Crippen LogP contribution in [0, 0.1) is 11.8 Å². The van der Waals surface area contributed by atoms with Crippen molar-refractivity contribution in [2.45, 2.75) is 19.8 Å². The molecule has 0 fully saturated rings. The van der Waals surface area contributed by atoms with E-state index in [0.29, 0.717) is 24.0 Å². The van der Waals surface area contributed by atoms with E-state index in [-0.39, 0.29) is 23.3 Å². The summed E-state index contributed by atoms with van der Waals surface area (Å²) in [5.74, 6) is 1.58. The second-order valence-electron chi connectivity index (χ2n) is 6.70. The van der Waals surface area contributed by atoms with Gasteiger partial charge < -0.3 is 24.4 Å². The smallest absolute Gasteiger partial charge is 0.160 e. The molecule has 2 rings (SSSR count). The Kier molecular flexibility index (Phi) is 6.75. The van der Waals surface area contributed by atoms with E-state index in [2.05, 4.69) is 13.8 Å². The Labute approximate surface area is 155 Å². The molecule has 2 N–H and O–H groups in total. The third kappa shape index (κ3) is 4.22. The van der Waals surface area contributed by atoms with Crippen LogP contribution in [0.25, 0.3) is 0 Å². The molecule has 0 aliphatic carbocycles. The molecule has 0 unspecified atom stereocenters. The average Bonchev–Trinajstić information content (AvgIpc) is 2.63. The SMILES string of the molecule is COC[C@@H](C(C)C)C(c1ccc(O)c(OC)c1)c1ccc(O)c(OC)c1. The first-order chi connectivity index (χ1) is 12.4. The summed E-state index contributed by atoms with van der Waals surface area (Å²) >= 11 is 0. The first kappa shape index (κ1) is 19.9. The molecular weight excluding hydrogens is 332 g/mol. The van der Waals surface area contributed by atoms with Crippen molar-refractivity contribution in [3.63, 3.8) is 0 Å². The van der Waals surface area contributed by atoms with Crippen LogP contribution >= 0.6 is 0 Å². The van der Waals surface area contributed by atoms with Gasteiger partial charge in [0.1, 0.15) is 0 Å². The van der Waals surface area contributed by atoms with Crippen molar-refractivity contribution in [3.8, 4) is 23.0 Å². The minimum Gasteiger partial charge on any atom is -0.504 e. The lowest BCUT2D eigenvalue weighted by Gasteiger charge is -2.31. The molecule has 1 atom stereocenters. The Morgan fingerprint density at radius 2 is 1.27 bits per heavy atom. The molecule has 0 saturated heterocycles. The van der Waals surface area contributed by atoms with Gasteiger partial charge in [0.15, 0.2) is 23.0 Å². The van der Waals surface area contributed by atoms with Crippen LogP contribution in [-0.4, -0.2) is 38.1 Å². The van der Waals surface area contributed by atoms with Gasteiger partial charge in [-0.25, -0.2) is 0 Å². The molecular formula is C21H28O5. The van der Waals surface area contributed by atoms with Gasteiger partial charge >= 0.3 is 0 Å². The molecule has 0 radical (unpaired) electrons. The zero-order chi connectivity index (χ0) is 19.3. The van der Waals surface area contributed by atoms with Crippen molar-refractivity contribution in [2.75, 3.05) is 27.9 Å². The number of methoxy groups -OCH3 is 3. The Bertz CT molecular complexity index is 673. The van der Waals surface area contributed by atoms with E-state index in [1.54, 1.807) is 19.2 Å². The molecule has 0 aliphatic rings. The van der Waals surface area contributed by atoms with E-state index in [1.807, 2.05) is 24.3 Å². The van der Waals surface area contributed by atoms with E-state index in [0.717, 1.165) is 11.1 Å². The van der Waals surface area contributed by atoms with Crippen molar-refractivity contribution in [1.82, 2.24) is 0 Å². The van der Waals surface area contributed by atoms with Gasteiger partial charge in [-0.2, -0.15) is 0 Å². The highest BCUT2D eigenvalue weighted by Gasteiger charge is 2.29. The zero-order valence-corrected chi connectivity index (χ0v) is 16.0. The zero-order valence-electron chi connectivity index (χ0n) is 16.0. The molecule has 2 aromatic carbocycles. The Morgan fingerprint density at radius 1 is 0.808 bits per heavy atom. The number of benzene rings is 2. The number of phenolic OH excluding ortho intramolecular Hbond substituents is 2. The minimum atomic E-state index is -0.0149. The van der Waals surface area contributed by atoms with Crippen molar-refractivity contribution in [1.29, 1.82) is 0 Å². The van der Waals surface area contributed by atoms with Crippen LogP contribution in [-0.2, 0) is 4.74 Å². The first-order valence-corrected chi connectivity index (χ1v) is 8.65. The predicted molar refractivity (Wildman–Crippen MR) is 101 cm³/mol. The van der Waals surface area contributed by atoms with Crippen LogP contribution in [0.4, 0.5) is 0 Å². The predicted octanol–water partition coefficient (Wildman–Crippen LogP) is 4.17. The second kappa shape index (κ2) is 8.81. The topological polar surface area (TPSA) is 68.2 Å². The third-order valence-corrected chi connectivity index (χ3v) is 4.77. The molecule has 5 nitrogen and oxygen atoms in total. The number of aromatic hydroxyl groups is 2. The summed E-state index contributed by atoms with van der Waals surface area (Å²) in [6, 6.07) is 10.8. The quantitative estimate of drug-likeness (QED) is 0.740. The lowest BCUT2D eigenvalue weighted by atomic mass is 9.75. The van der Waals surface area contributed by atoms with Gasteiger partial charge in [-0.05, 0) is 47.2 Å². The van der Waals surface area contributed by atoms with Gasteiger partial charge in [-0.3, -0.25) is 0 Å². The molecule has 0 bridgehead atoms.